The van der Waals surface area contributed by atoms with Gasteiger partial charge in [0, 0.05) is 18.7 Å². The molecule has 1 unspecified atom stereocenters. The molecule has 4 nitrogen and oxygen atoms in total. The molecule has 0 aliphatic heterocycles. The highest BCUT2D eigenvalue weighted by Crippen LogP contribution is 2.27. The Balaban J connectivity index is 2.11. The van der Waals surface area contributed by atoms with E-state index in [4.69, 9.17) is 0 Å². The quantitative estimate of drug-likeness (QED) is 0.796. The molecule has 0 saturated carbocycles. The van der Waals surface area contributed by atoms with Crippen LogP contribution in [0.2, 0.25) is 0 Å². The summed E-state index contributed by atoms with van der Waals surface area (Å²) in [5.74, 6) is -1.28. The van der Waals surface area contributed by atoms with Gasteiger partial charge in [0.15, 0.2) is 0 Å². The molecule has 1 atom stereocenters. The van der Waals surface area contributed by atoms with Crippen LogP contribution in [-0.4, -0.2) is 28.0 Å². The summed E-state index contributed by atoms with van der Waals surface area (Å²) in [6, 6.07) is 3.74. The summed E-state index contributed by atoms with van der Waals surface area (Å²) < 4.78 is 27.7. The van der Waals surface area contributed by atoms with E-state index in [-0.39, 0.29) is 11.0 Å². The minimum atomic E-state index is -0.639. The Morgan fingerprint density at radius 3 is 2.50 bits per heavy atom. The van der Waals surface area contributed by atoms with Crippen molar-refractivity contribution in [1.29, 1.82) is 0 Å². The summed E-state index contributed by atoms with van der Waals surface area (Å²) in [7, 11) is 0. The molecule has 0 radical (unpaired) electrons. The van der Waals surface area contributed by atoms with E-state index < -0.39 is 17.7 Å². The number of rotatable bonds is 5. The van der Waals surface area contributed by atoms with Crippen molar-refractivity contribution in [2.75, 3.05) is 6.54 Å². The minimum absolute atomic E-state index is 0.117. The molecule has 120 valence electrons. The van der Waals surface area contributed by atoms with Crippen molar-refractivity contribution in [2.45, 2.75) is 33.4 Å². The topological polar surface area (TPSA) is 60.9 Å². The van der Waals surface area contributed by atoms with E-state index in [2.05, 4.69) is 15.5 Å². The lowest BCUT2D eigenvalue weighted by Crippen LogP contribution is -2.36. The van der Waals surface area contributed by atoms with Gasteiger partial charge < -0.3 is 10.4 Å². The molecule has 2 rings (SSSR count). The number of halogens is 2. The second-order valence-electron chi connectivity index (χ2n) is 6.38. The lowest BCUT2D eigenvalue weighted by Gasteiger charge is -2.26. The first-order valence-electron chi connectivity index (χ1n) is 7.16. The Hall–Kier alpha value is -1.79. The Morgan fingerprint density at radius 1 is 1.27 bits per heavy atom. The Morgan fingerprint density at radius 2 is 1.91 bits per heavy atom. The van der Waals surface area contributed by atoms with Crippen molar-refractivity contribution >= 4 is 0 Å². The highest BCUT2D eigenvalue weighted by molar-refractivity contribution is 5.64. The summed E-state index contributed by atoms with van der Waals surface area (Å²) in [4.78, 5) is 0. The van der Waals surface area contributed by atoms with E-state index in [1.165, 1.54) is 24.4 Å². The van der Waals surface area contributed by atoms with Gasteiger partial charge in [-0.15, -0.1) is 0 Å². The summed E-state index contributed by atoms with van der Waals surface area (Å²) >= 11 is 0. The van der Waals surface area contributed by atoms with Crippen LogP contribution in [0.3, 0.4) is 0 Å². The second kappa shape index (κ2) is 6.54. The van der Waals surface area contributed by atoms with Crippen LogP contribution in [-0.2, 0) is 6.54 Å². The predicted octanol–water partition coefficient (Wildman–Crippen LogP) is 2.85. The number of nitrogens with zero attached hydrogens (tertiary/aromatic N) is 1. The molecule has 1 heterocycles. The van der Waals surface area contributed by atoms with Gasteiger partial charge in [-0.1, -0.05) is 26.8 Å². The number of hydrogen-bond acceptors (Lipinski definition) is 3. The number of aromatic nitrogens is 2. The highest BCUT2D eigenvalue weighted by atomic mass is 19.1. The van der Waals surface area contributed by atoms with Crippen LogP contribution < -0.4 is 5.32 Å². The average Bonchev–Trinajstić information content (AvgIpc) is 2.85. The van der Waals surface area contributed by atoms with Crippen molar-refractivity contribution in [3.8, 4) is 11.3 Å². The maximum absolute atomic E-state index is 13.9. The van der Waals surface area contributed by atoms with Crippen molar-refractivity contribution in [1.82, 2.24) is 15.5 Å². The molecule has 3 N–H and O–H groups in total. The van der Waals surface area contributed by atoms with E-state index in [9.17, 15) is 13.9 Å². The van der Waals surface area contributed by atoms with Gasteiger partial charge in [0.2, 0.25) is 0 Å². The van der Waals surface area contributed by atoms with E-state index in [0.29, 0.717) is 24.3 Å². The molecule has 0 saturated heterocycles. The van der Waals surface area contributed by atoms with Crippen LogP contribution in [0.5, 0.6) is 0 Å². The van der Waals surface area contributed by atoms with Crippen molar-refractivity contribution < 1.29 is 13.9 Å². The molecule has 0 spiro atoms. The fraction of sp³-hybridized carbons (Fsp3) is 0.438. The van der Waals surface area contributed by atoms with Crippen molar-refractivity contribution in [2.24, 2.45) is 5.41 Å². The van der Waals surface area contributed by atoms with Gasteiger partial charge in [0.05, 0.1) is 23.6 Å². The van der Waals surface area contributed by atoms with Crippen LogP contribution >= 0.6 is 0 Å². The Kier molecular flexibility index (Phi) is 4.93. The predicted molar refractivity (Wildman–Crippen MR) is 81.1 cm³/mol. The minimum Gasteiger partial charge on any atom is -0.391 e. The van der Waals surface area contributed by atoms with E-state index in [1.807, 2.05) is 20.8 Å². The van der Waals surface area contributed by atoms with Gasteiger partial charge in [0.1, 0.15) is 11.6 Å². The standard InChI is InChI=1S/C16H21F2N3O/c1-16(2,3)13(22)9-19-7-10-8-20-21-15(10)14-11(17)5-4-6-12(14)18/h4-6,8,13,19,22H,7,9H2,1-3H3,(H,20,21). The van der Waals surface area contributed by atoms with Crippen LogP contribution in [0.25, 0.3) is 11.3 Å². The summed E-state index contributed by atoms with van der Waals surface area (Å²) in [6.07, 6.45) is 1.01. The van der Waals surface area contributed by atoms with E-state index in [1.54, 1.807) is 0 Å². The summed E-state index contributed by atoms with van der Waals surface area (Å²) in [5.41, 5.74) is 0.607. The third-order valence-electron chi connectivity index (χ3n) is 3.58. The highest BCUT2D eigenvalue weighted by Gasteiger charge is 2.22. The lowest BCUT2D eigenvalue weighted by molar-refractivity contribution is 0.0628. The molecular weight excluding hydrogens is 288 g/mol. The number of H-pyrrole nitrogens is 1. The molecule has 0 bridgehead atoms. The molecule has 0 amide bonds. The van der Waals surface area contributed by atoms with Crippen LogP contribution in [0, 0.1) is 17.0 Å². The third kappa shape index (κ3) is 3.69. The van der Waals surface area contributed by atoms with Gasteiger partial charge in [-0.2, -0.15) is 5.10 Å². The number of nitrogens with one attached hydrogen (secondary N) is 2. The van der Waals surface area contributed by atoms with Gasteiger partial charge in [-0.05, 0) is 17.5 Å². The molecule has 0 aliphatic carbocycles. The SMILES string of the molecule is CC(C)(C)C(O)CNCc1cn[nH]c1-c1c(F)cccc1F. The van der Waals surface area contributed by atoms with Gasteiger partial charge in [-0.3, -0.25) is 5.10 Å². The molecule has 0 aliphatic rings. The largest absolute Gasteiger partial charge is 0.391 e. The van der Waals surface area contributed by atoms with Crippen LogP contribution in [0.15, 0.2) is 24.4 Å². The Labute approximate surface area is 128 Å². The second-order valence-corrected chi connectivity index (χ2v) is 6.38. The van der Waals surface area contributed by atoms with Crippen LogP contribution in [0.1, 0.15) is 26.3 Å². The lowest BCUT2D eigenvalue weighted by atomic mass is 9.89. The molecule has 0 fully saturated rings. The normalized spacial score (nSPS) is 13.4. The fourth-order valence-corrected chi connectivity index (χ4v) is 2.05. The molecule has 1 aromatic heterocycles. The first-order valence-corrected chi connectivity index (χ1v) is 7.16. The average molecular weight is 309 g/mol. The van der Waals surface area contributed by atoms with Gasteiger partial charge in [-0.25, -0.2) is 8.78 Å². The van der Waals surface area contributed by atoms with Crippen molar-refractivity contribution in [3.63, 3.8) is 0 Å². The maximum atomic E-state index is 13.9. The molecule has 6 heteroatoms. The third-order valence-corrected chi connectivity index (χ3v) is 3.58. The fourth-order valence-electron chi connectivity index (χ4n) is 2.05. The van der Waals surface area contributed by atoms with Gasteiger partial charge in [0.25, 0.3) is 0 Å². The van der Waals surface area contributed by atoms with Crippen molar-refractivity contribution in [3.05, 3.63) is 41.6 Å². The molecule has 22 heavy (non-hydrogen) atoms. The first kappa shape index (κ1) is 16.6. The van der Waals surface area contributed by atoms with Gasteiger partial charge >= 0.3 is 0 Å². The molecule has 1 aromatic carbocycles. The first-order chi connectivity index (χ1) is 10.3. The number of aromatic amines is 1. The van der Waals surface area contributed by atoms with E-state index in [0.717, 1.165) is 0 Å². The Bertz CT molecular complexity index is 614. The number of aliphatic hydroxyl groups excluding tert-OH is 1. The smallest absolute Gasteiger partial charge is 0.135 e. The zero-order valence-electron chi connectivity index (χ0n) is 13.0. The zero-order valence-corrected chi connectivity index (χ0v) is 13.0. The molecular formula is C16H21F2N3O. The monoisotopic (exact) mass is 309 g/mol. The van der Waals surface area contributed by atoms with E-state index >= 15 is 0 Å². The number of benzene rings is 1. The summed E-state index contributed by atoms with van der Waals surface area (Å²) in [5, 5.41) is 19.6. The summed E-state index contributed by atoms with van der Waals surface area (Å²) in [6.45, 7) is 6.56. The number of aliphatic hydroxyl groups is 1. The zero-order chi connectivity index (χ0) is 16.3. The molecule has 2 aromatic rings. The maximum Gasteiger partial charge on any atom is 0.135 e. The van der Waals surface area contributed by atoms with Crippen LogP contribution in [0.4, 0.5) is 8.78 Å². The number of hydrogen-bond donors (Lipinski definition) is 3.